The number of carbonyl (C=O) groups is 1. The molecule has 8 nitrogen and oxygen atoms in total. The molecule has 28 heavy (non-hydrogen) atoms. The Kier molecular flexibility index (Phi) is 4.47. The van der Waals surface area contributed by atoms with Crippen LogP contribution in [0.2, 0.25) is 0 Å². The monoisotopic (exact) mass is 400 g/mol. The van der Waals surface area contributed by atoms with E-state index in [0.717, 1.165) is 0 Å². The van der Waals surface area contributed by atoms with Gasteiger partial charge in [0.1, 0.15) is 11.6 Å². The van der Waals surface area contributed by atoms with Crippen molar-refractivity contribution in [3.8, 4) is 5.69 Å². The molecule has 0 spiro atoms. The van der Waals surface area contributed by atoms with Gasteiger partial charge in [-0.2, -0.15) is 5.10 Å². The highest BCUT2D eigenvalue weighted by Crippen LogP contribution is 2.31. The fraction of sp³-hybridized carbons (Fsp3) is 0.111. The second-order valence-corrected chi connectivity index (χ2v) is 7.61. The van der Waals surface area contributed by atoms with Gasteiger partial charge in [-0.05, 0) is 36.4 Å². The lowest BCUT2D eigenvalue weighted by Crippen LogP contribution is -2.16. The van der Waals surface area contributed by atoms with Crippen molar-refractivity contribution < 1.29 is 18.3 Å². The van der Waals surface area contributed by atoms with Crippen LogP contribution in [0.3, 0.4) is 0 Å². The van der Waals surface area contributed by atoms with Crippen molar-refractivity contribution in [1.82, 2.24) is 9.78 Å². The zero-order valence-corrected chi connectivity index (χ0v) is 15.1. The maximum Gasteiger partial charge on any atom is 0.269 e. The van der Waals surface area contributed by atoms with Crippen LogP contribution in [0.15, 0.2) is 48.5 Å². The summed E-state index contributed by atoms with van der Waals surface area (Å²) in [7, 11) is -1.10. The van der Waals surface area contributed by atoms with Crippen LogP contribution in [0.4, 0.5) is 15.9 Å². The summed E-state index contributed by atoms with van der Waals surface area (Å²) in [6, 6.07) is 10.8. The summed E-state index contributed by atoms with van der Waals surface area (Å²) in [6.45, 7) is 0. The Morgan fingerprint density at radius 3 is 2.46 bits per heavy atom. The molecule has 1 N–H and O–H groups in total. The van der Waals surface area contributed by atoms with Gasteiger partial charge in [0.2, 0.25) is 0 Å². The number of nitro groups is 1. The quantitative estimate of drug-likeness (QED) is 0.535. The van der Waals surface area contributed by atoms with Gasteiger partial charge in [0.15, 0.2) is 0 Å². The summed E-state index contributed by atoms with van der Waals surface area (Å²) in [5.41, 5.74) is 1.93. The molecule has 1 aliphatic heterocycles. The van der Waals surface area contributed by atoms with E-state index in [-0.39, 0.29) is 22.8 Å². The van der Waals surface area contributed by atoms with E-state index in [2.05, 4.69) is 10.4 Å². The highest BCUT2D eigenvalue weighted by molar-refractivity contribution is 7.83. The maximum atomic E-state index is 13.2. The molecule has 1 aromatic heterocycles. The molecule has 1 amide bonds. The lowest BCUT2D eigenvalue weighted by Gasteiger charge is -2.11. The van der Waals surface area contributed by atoms with E-state index in [1.165, 1.54) is 53.2 Å². The zero-order chi connectivity index (χ0) is 19.8. The molecule has 0 bridgehead atoms. The Bertz CT molecular complexity index is 1110. The number of fused-ring (bicyclic) bond motifs is 1. The predicted octanol–water partition coefficient (Wildman–Crippen LogP) is 2.93. The molecule has 4 rings (SSSR count). The number of nitro benzene ring substituents is 1. The molecule has 3 aromatic rings. The molecule has 0 radical (unpaired) electrons. The summed E-state index contributed by atoms with van der Waals surface area (Å²) in [6.07, 6.45) is 0. The minimum absolute atomic E-state index is 0.121. The first-order chi connectivity index (χ1) is 13.4. The summed E-state index contributed by atoms with van der Waals surface area (Å²) in [5.74, 6) is 0.00606. The third-order valence-corrected chi connectivity index (χ3v) is 5.52. The van der Waals surface area contributed by atoms with Gasteiger partial charge in [0.25, 0.3) is 11.6 Å². The smallest absolute Gasteiger partial charge is 0.269 e. The van der Waals surface area contributed by atoms with Crippen LogP contribution < -0.4 is 5.32 Å². The van der Waals surface area contributed by atoms with Gasteiger partial charge in [0.05, 0.1) is 27.8 Å². The van der Waals surface area contributed by atoms with Gasteiger partial charge >= 0.3 is 0 Å². The Labute approximate surface area is 160 Å². The molecule has 2 heterocycles. The number of halogens is 1. The van der Waals surface area contributed by atoms with Crippen molar-refractivity contribution in [2.45, 2.75) is 11.5 Å². The molecule has 10 heteroatoms. The number of hydrogen-bond donors (Lipinski definition) is 1. The summed E-state index contributed by atoms with van der Waals surface area (Å²) < 4.78 is 26.6. The number of nitrogens with zero attached hydrogens (tertiary/aromatic N) is 3. The summed E-state index contributed by atoms with van der Waals surface area (Å²) >= 11 is 0. The first kappa shape index (κ1) is 18.0. The number of aromatic nitrogens is 2. The number of benzene rings is 2. The Hall–Kier alpha value is -3.40. The van der Waals surface area contributed by atoms with E-state index >= 15 is 0 Å². The molecule has 1 unspecified atom stereocenters. The van der Waals surface area contributed by atoms with Gasteiger partial charge in [-0.15, -0.1) is 0 Å². The van der Waals surface area contributed by atoms with E-state index in [1.807, 2.05) is 0 Å². The van der Waals surface area contributed by atoms with Crippen molar-refractivity contribution in [3.63, 3.8) is 0 Å². The number of anilines is 1. The number of nitrogens with one attached hydrogen (secondary N) is 1. The molecule has 0 saturated carbocycles. The van der Waals surface area contributed by atoms with Crippen LogP contribution in [0.5, 0.6) is 0 Å². The van der Waals surface area contributed by atoms with Crippen LogP contribution in [0, 0.1) is 15.9 Å². The zero-order valence-electron chi connectivity index (χ0n) is 14.3. The molecule has 0 fully saturated rings. The minimum atomic E-state index is -1.10. The fourth-order valence-electron chi connectivity index (χ4n) is 2.94. The van der Waals surface area contributed by atoms with E-state index in [4.69, 9.17) is 0 Å². The predicted molar refractivity (Wildman–Crippen MR) is 100 cm³/mol. The van der Waals surface area contributed by atoms with E-state index in [1.54, 1.807) is 0 Å². The van der Waals surface area contributed by atoms with Gasteiger partial charge in [0, 0.05) is 34.1 Å². The third kappa shape index (κ3) is 3.29. The summed E-state index contributed by atoms with van der Waals surface area (Å²) in [5, 5.41) is 17.9. The highest BCUT2D eigenvalue weighted by atomic mass is 32.2. The highest BCUT2D eigenvalue weighted by Gasteiger charge is 2.28. The van der Waals surface area contributed by atoms with Crippen molar-refractivity contribution in [3.05, 3.63) is 81.3 Å². The molecule has 142 valence electrons. The molecule has 1 aliphatic rings. The second kappa shape index (κ2) is 6.97. The number of rotatable bonds is 4. The van der Waals surface area contributed by atoms with Crippen molar-refractivity contribution in [2.24, 2.45) is 0 Å². The van der Waals surface area contributed by atoms with Crippen molar-refractivity contribution in [1.29, 1.82) is 0 Å². The van der Waals surface area contributed by atoms with Gasteiger partial charge in [-0.1, -0.05) is 0 Å². The standard InChI is InChI=1S/C18H13FN4O4S/c19-12-3-7-13(8-4-12)22-17(15-9-28(27)10-16(15)21-22)20-18(24)11-1-5-14(6-2-11)23(25)26/h1-8H,9-10H2,(H,20,24). The largest absolute Gasteiger partial charge is 0.306 e. The van der Waals surface area contributed by atoms with Crippen LogP contribution >= 0.6 is 0 Å². The molecular weight excluding hydrogens is 387 g/mol. The third-order valence-electron chi connectivity index (χ3n) is 4.31. The van der Waals surface area contributed by atoms with Crippen LogP contribution in [-0.2, 0) is 22.3 Å². The van der Waals surface area contributed by atoms with Gasteiger partial charge in [-0.3, -0.25) is 19.1 Å². The number of amides is 1. The molecule has 1 atom stereocenters. The second-order valence-electron chi connectivity index (χ2n) is 6.15. The van der Waals surface area contributed by atoms with Crippen LogP contribution in [0.1, 0.15) is 21.6 Å². The van der Waals surface area contributed by atoms with Crippen LogP contribution in [-0.4, -0.2) is 24.8 Å². The first-order valence-electron chi connectivity index (χ1n) is 8.20. The molecule has 0 saturated heterocycles. The Morgan fingerprint density at radius 2 is 1.82 bits per heavy atom. The topological polar surface area (TPSA) is 107 Å². The summed E-state index contributed by atoms with van der Waals surface area (Å²) in [4.78, 5) is 22.9. The first-order valence-corrected chi connectivity index (χ1v) is 9.68. The van der Waals surface area contributed by atoms with E-state index < -0.39 is 27.4 Å². The van der Waals surface area contributed by atoms with Gasteiger partial charge < -0.3 is 5.32 Å². The number of hydrogen-bond acceptors (Lipinski definition) is 5. The van der Waals surface area contributed by atoms with Gasteiger partial charge in [-0.25, -0.2) is 9.07 Å². The molecular formula is C18H13FN4O4S. The lowest BCUT2D eigenvalue weighted by atomic mass is 10.2. The molecule has 2 aromatic carbocycles. The average molecular weight is 400 g/mol. The minimum Gasteiger partial charge on any atom is -0.306 e. The Morgan fingerprint density at radius 1 is 1.14 bits per heavy atom. The average Bonchev–Trinajstić information content (AvgIpc) is 3.19. The van der Waals surface area contributed by atoms with E-state index in [0.29, 0.717) is 22.8 Å². The normalized spacial score (nSPS) is 15.2. The number of non-ortho nitro benzene ring substituents is 1. The van der Waals surface area contributed by atoms with Crippen molar-refractivity contribution in [2.75, 3.05) is 5.32 Å². The lowest BCUT2D eigenvalue weighted by molar-refractivity contribution is -0.384. The SMILES string of the molecule is O=C(Nc1c2c(nn1-c1ccc(F)cc1)CS(=O)C2)c1ccc([N+](=O)[O-])cc1. The number of carbonyl (C=O) groups excluding carboxylic acids is 1. The molecule has 0 aliphatic carbocycles. The van der Waals surface area contributed by atoms with Crippen molar-refractivity contribution >= 4 is 28.2 Å². The van der Waals surface area contributed by atoms with Crippen LogP contribution in [0.25, 0.3) is 5.69 Å². The fourth-order valence-corrected chi connectivity index (χ4v) is 4.20. The maximum absolute atomic E-state index is 13.2. The Balaban J connectivity index is 1.70. The van der Waals surface area contributed by atoms with E-state index in [9.17, 15) is 23.5 Å².